The van der Waals surface area contributed by atoms with Gasteiger partial charge in [0.15, 0.2) is 0 Å². The number of carbonyl (C=O) groups is 1. The van der Waals surface area contributed by atoms with Gasteiger partial charge in [-0.15, -0.1) is 0 Å². The van der Waals surface area contributed by atoms with Gasteiger partial charge >= 0.3 is 5.97 Å². The Morgan fingerprint density at radius 1 is 1.40 bits per heavy atom. The van der Waals surface area contributed by atoms with Gasteiger partial charge in [0.25, 0.3) is 11.0 Å². The molecule has 6 heteroatoms. The van der Waals surface area contributed by atoms with Gasteiger partial charge in [-0.05, 0) is 0 Å². The van der Waals surface area contributed by atoms with Gasteiger partial charge in [-0.3, -0.25) is 8.98 Å². The lowest BCUT2D eigenvalue weighted by atomic mass is 10.7. The van der Waals surface area contributed by atoms with Crippen molar-refractivity contribution in [2.24, 2.45) is 0 Å². The minimum atomic E-state index is -2.82. The summed E-state index contributed by atoms with van der Waals surface area (Å²) < 4.78 is 27.9. The van der Waals surface area contributed by atoms with Gasteiger partial charge in [0.2, 0.25) is 0 Å². The second-order valence-electron chi connectivity index (χ2n) is 1.40. The van der Waals surface area contributed by atoms with Gasteiger partial charge in [-0.2, -0.15) is 0 Å². The van der Waals surface area contributed by atoms with Crippen LogP contribution in [-0.4, -0.2) is 27.6 Å². The fourth-order valence-corrected chi connectivity index (χ4v) is 0.521. The quantitative estimate of drug-likeness (QED) is 0.334. The van der Waals surface area contributed by atoms with Crippen LogP contribution in [0.4, 0.5) is 0 Å². The monoisotopic (exact) mass is 168 g/mol. The van der Waals surface area contributed by atoms with Crippen LogP contribution in [0.25, 0.3) is 0 Å². The van der Waals surface area contributed by atoms with Crippen molar-refractivity contribution < 1.29 is 22.1 Å². The van der Waals surface area contributed by atoms with Crippen molar-refractivity contribution in [2.45, 2.75) is 6.92 Å². The molecule has 0 saturated carbocycles. The van der Waals surface area contributed by atoms with E-state index in [1.54, 1.807) is 0 Å². The van der Waals surface area contributed by atoms with Crippen molar-refractivity contribution in [3.63, 3.8) is 0 Å². The van der Waals surface area contributed by atoms with Crippen LogP contribution in [-0.2, 0) is 24.7 Å². The third-order valence-electron chi connectivity index (χ3n) is 0.585. The second kappa shape index (κ2) is 5.19. The number of thiol groups is 1. The van der Waals surface area contributed by atoms with Crippen LogP contribution in [0.2, 0.25) is 0 Å². The van der Waals surface area contributed by atoms with Crippen LogP contribution in [0.5, 0.6) is 0 Å². The fraction of sp³-hybridized carbons (Fsp3) is 0.750. The van der Waals surface area contributed by atoms with Crippen LogP contribution in [0.3, 0.4) is 0 Å². The summed E-state index contributed by atoms with van der Waals surface area (Å²) in [7, 11) is -2.82. The highest BCUT2D eigenvalue weighted by Crippen LogP contribution is 1.78. The molecule has 0 amide bonds. The van der Waals surface area contributed by atoms with E-state index in [0.717, 1.165) is 0 Å². The zero-order valence-electron chi connectivity index (χ0n) is 5.40. The molecule has 60 valence electrons. The van der Waals surface area contributed by atoms with Crippen LogP contribution < -0.4 is 0 Å². The summed E-state index contributed by atoms with van der Waals surface area (Å²) in [5, 5.41) is 0. The minimum Gasteiger partial charge on any atom is -0.463 e. The summed E-state index contributed by atoms with van der Waals surface area (Å²) >= 11 is 0. The molecule has 0 aromatic carbocycles. The maximum Gasteiger partial charge on any atom is 0.302 e. The lowest BCUT2D eigenvalue weighted by molar-refractivity contribution is -0.141. The smallest absolute Gasteiger partial charge is 0.302 e. The predicted molar refractivity (Wildman–Crippen MR) is 32.9 cm³/mol. The Balaban J connectivity index is 3.13. The first-order valence-electron chi connectivity index (χ1n) is 2.53. The number of esters is 1. The second-order valence-corrected chi connectivity index (χ2v) is 2.10. The average molecular weight is 168 g/mol. The van der Waals surface area contributed by atoms with Crippen LogP contribution in [0, 0.1) is 0 Å². The molecule has 0 aromatic rings. The van der Waals surface area contributed by atoms with Gasteiger partial charge in [0.1, 0.15) is 13.2 Å². The zero-order valence-corrected chi connectivity index (χ0v) is 6.30. The summed E-state index contributed by atoms with van der Waals surface area (Å²) in [6.45, 7) is 1.09. The Labute approximate surface area is 60.1 Å². The Morgan fingerprint density at radius 2 is 2.00 bits per heavy atom. The molecule has 0 N–H and O–H groups in total. The van der Waals surface area contributed by atoms with Crippen molar-refractivity contribution in [1.29, 1.82) is 0 Å². The summed E-state index contributed by atoms with van der Waals surface area (Å²) in [4.78, 5) is 10.1. The van der Waals surface area contributed by atoms with Crippen molar-refractivity contribution in [1.82, 2.24) is 0 Å². The number of carbonyl (C=O) groups excluding carboxylic acids is 1. The van der Waals surface area contributed by atoms with E-state index in [0.29, 0.717) is 0 Å². The molecule has 0 heterocycles. The van der Waals surface area contributed by atoms with Crippen LogP contribution >= 0.6 is 0 Å². The molecule has 10 heavy (non-hydrogen) atoms. The highest BCUT2D eigenvalue weighted by Gasteiger charge is 1.91. The molecule has 0 rings (SSSR count). The number of hydrogen-bond donors (Lipinski definition) is 1. The van der Waals surface area contributed by atoms with Gasteiger partial charge in [-0.1, -0.05) is 0 Å². The lowest BCUT2D eigenvalue weighted by Gasteiger charge is -1.96. The molecular formula is C4H8O5S. The van der Waals surface area contributed by atoms with E-state index in [1.807, 2.05) is 0 Å². The topological polar surface area (TPSA) is 69.7 Å². The molecule has 0 unspecified atom stereocenters. The van der Waals surface area contributed by atoms with E-state index in [2.05, 4.69) is 8.92 Å². The first-order valence-corrected chi connectivity index (χ1v) is 3.63. The standard InChI is InChI=1S/C4H8O5S/c1-4(5)8-2-3-9-10(6)7/h10H,2-3H2,1H3. The molecule has 0 aliphatic carbocycles. The highest BCUT2D eigenvalue weighted by atomic mass is 32.2. The zero-order chi connectivity index (χ0) is 7.98. The van der Waals surface area contributed by atoms with E-state index in [4.69, 9.17) is 0 Å². The predicted octanol–water partition coefficient (Wildman–Crippen LogP) is -0.907. The average Bonchev–Trinajstić information content (AvgIpc) is 1.79. The maximum atomic E-state index is 10.1. The third-order valence-corrected chi connectivity index (χ3v) is 0.979. The van der Waals surface area contributed by atoms with Crippen molar-refractivity contribution >= 4 is 17.0 Å². The van der Waals surface area contributed by atoms with E-state index in [-0.39, 0.29) is 13.2 Å². The fourth-order valence-electron chi connectivity index (χ4n) is 0.297. The van der Waals surface area contributed by atoms with Gasteiger partial charge in [-0.25, -0.2) is 8.42 Å². The SMILES string of the molecule is CC(=O)OCCO[SH](=O)=O. The van der Waals surface area contributed by atoms with Crippen LogP contribution in [0.15, 0.2) is 0 Å². The van der Waals surface area contributed by atoms with Crippen molar-refractivity contribution in [2.75, 3.05) is 13.2 Å². The molecule has 0 atom stereocenters. The Morgan fingerprint density at radius 3 is 2.40 bits per heavy atom. The molecule has 0 aliphatic rings. The normalized spacial score (nSPS) is 9.80. The number of hydrogen-bond acceptors (Lipinski definition) is 5. The summed E-state index contributed by atoms with van der Waals surface area (Å²) in [5.41, 5.74) is 0. The summed E-state index contributed by atoms with van der Waals surface area (Å²) in [6.07, 6.45) is 0. The Bertz CT molecular complexity index is 164. The molecule has 0 radical (unpaired) electrons. The lowest BCUT2D eigenvalue weighted by Crippen LogP contribution is -2.06. The molecule has 0 aliphatic heterocycles. The number of rotatable bonds is 4. The third kappa shape index (κ3) is 7.38. The largest absolute Gasteiger partial charge is 0.463 e. The van der Waals surface area contributed by atoms with E-state index in [1.165, 1.54) is 6.92 Å². The first-order chi connectivity index (χ1) is 4.63. The van der Waals surface area contributed by atoms with Crippen LogP contribution in [0.1, 0.15) is 6.92 Å². The van der Waals surface area contributed by atoms with Crippen molar-refractivity contribution in [3.05, 3.63) is 0 Å². The molecule has 0 fully saturated rings. The van der Waals surface area contributed by atoms with Gasteiger partial charge < -0.3 is 4.74 Å². The maximum absolute atomic E-state index is 10.1. The molecule has 5 nitrogen and oxygen atoms in total. The van der Waals surface area contributed by atoms with Gasteiger partial charge in [0.05, 0.1) is 0 Å². The molecular weight excluding hydrogens is 160 g/mol. The van der Waals surface area contributed by atoms with Gasteiger partial charge in [0, 0.05) is 6.92 Å². The molecule has 0 saturated heterocycles. The van der Waals surface area contributed by atoms with E-state index >= 15 is 0 Å². The molecule has 0 aromatic heterocycles. The minimum absolute atomic E-state index is 0.0291. The Kier molecular flexibility index (Phi) is 4.87. The number of ether oxygens (including phenoxy) is 1. The Hall–Kier alpha value is -0.620. The summed E-state index contributed by atoms with van der Waals surface area (Å²) in [5.74, 6) is -0.454. The first kappa shape index (κ1) is 9.38. The molecule has 0 spiro atoms. The highest BCUT2D eigenvalue weighted by molar-refractivity contribution is 7.67. The molecule has 0 bridgehead atoms. The van der Waals surface area contributed by atoms with E-state index in [9.17, 15) is 13.2 Å². The summed E-state index contributed by atoms with van der Waals surface area (Å²) in [6, 6.07) is 0. The van der Waals surface area contributed by atoms with Crippen molar-refractivity contribution in [3.8, 4) is 0 Å². The van der Waals surface area contributed by atoms with E-state index < -0.39 is 17.0 Å².